The van der Waals surface area contributed by atoms with Gasteiger partial charge in [0, 0.05) is 41.7 Å². The summed E-state index contributed by atoms with van der Waals surface area (Å²) in [6.45, 7) is 0.392. The number of nitriles is 1. The number of ether oxygens (including phenoxy) is 4. The van der Waals surface area contributed by atoms with Gasteiger partial charge in [-0.15, -0.1) is 11.6 Å². The Labute approximate surface area is 242 Å². The third-order valence-electron chi connectivity index (χ3n) is 6.16. The van der Waals surface area contributed by atoms with Crippen LogP contribution in [0.3, 0.4) is 0 Å². The summed E-state index contributed by atoms with van der Waals surface area (Å²) in [5.41, 5.74) is 2.20. The van der Waals surface area contributed by atoms with Gasteiger partial charge >= 0.3 is 0 Å². The summed E-state index contributed by atoms with van der Waals surface area (Å²) in [5, 5.41) is 16.6. The second kappa shape index (κ2) is 13.1. The summed E-state index contributed by atoms with van der Waals surface area (Å²) in [5.74, 6) is 2.81. The van der Waals surface area contributed by atoms with E-state index >= 15 is 0 Å². The van der Waals surface area contributed by atoms with Crippen molar-refractivity contribution in [2.24, 2.45) is 0 Å². The molecule has 11 heteroatoms. The van der Waals surface area contributed by atoms with E-state index in [0.717, 1.165) is 12.8 Å². The van der Waals surface area contributed by atoms with Crippen molar-refractivity contribution in [1.29, 1.82) is 5.26 Å². The standard InChI is InChI=1S/C30H28ClN5O5/c1-38-26-13-24-25(14-27(26)39-11-3-10-31)33-16-19(15-32)30(24)36-21-8-9-29(34-17-21)41-23-5-2-4-22(12-23)40-18-28(37)35-20-6-7-20/h2,4-5,8-9,12-14,16-17,20H,3,6-7,10-11,18H2,1H3,(H,33,36)(H,35,37). The van der Waals surface area contributed by atoms with Crippen LogP contribution in [0.5, 0.6) is 28.9 Å². The molecule has 2 aromatic carbocycles. The third-order valence-corrected chi connectivity index (χ3v) is 6.42. The summed E-state index contributed by atoms with van der Waals surface area (Å²) in [7, 11) is 1.56. The van der Waals surface area contributed by atoms with Crippen LogP contribution in [0.4, 0.5) is 11.4 Å². The molecular weight excluding hydrogens is 546 g/mol. The fraction of sp³-hybridized carbons (Fsp3) is 0.267. The Kier molecular flexibility index (Phi) is 8.86. The molecule has 0 aliphatic heterocycles. The van der Waals surface area contributed by atoms with Gasteiger partial charge in [0.15, 0.2) is 18.1 Å². The van der Waals surface area contributed by atoms with Crippen LogP contribution in [-0.2, 0) is 4.79 Å². The van der Waals surface area contributed by atoms with Crippen molar-refractivity contribution in [2.45, 2.75) is 25.3 Å². The maximum absolute atomic E-state index is 11.9. The van der Waals surface area contributed by atoms with E-state index in [1.165, 1.54) is 6.20 Å². The van der Waals surface area contributed by atoms with Crippen molar-refractivity contribution in [3.63, 3.8) is 0 Å². The zero-order chi connectivity index (χ0) is 28.6. The molecule has 4 aromatic rings. The lowest BCUT2D eigenvalue weighted by molar-refractivity contribution is -0.123. The molecular formula is C30H28ClN5O5. The molecule has 2 aromatic heterocycles. The lowest BCUT2D eigenvalue weighted by Gasteiger charge is -2.15. The molecule has 0 bridgehead atoms. The number of hydrogen-bond acceptors (Lipinski definition) is 9. The van der Waals surface area contributed by atoms with Gasteiger partial charge in [0.25, 0.3) is 5.91 Å². The highest BCUT2D eigenvalue weighted by molar-refractivity contribution is 6.17. The fourth-order valence-corrected chi connectivity index (χ4v) is 4.09. The number of methoxy groups -OCH3 is 1. The van der Waals surface area contributed by atoms with Crippen molar-refractivity contribution < 1.29 is 23.7 Å². The van der Waals surface area contributed by atoms with Crippen LogP contribution in [0.25, 0.3) is 10.9 Å². The molecule has 1 aliphatic carbocycles. The molecule has 1 aliphatic rings. The van der Waals surface area contributed by atoms with Crippen LogP contribution in [-0.4, -0.2) is 48.1 Å². The highest BCUT2D eigenvalue weighted by Gasteiger charge is 2.23. The minimum atomic E-state index is -0.139. The van der Waals surface area contributed by atoms with Gasteiger partial charge in [-0.1, -0.05) is 6.07 Å². The number of halogens is 1. The molecule has 0 radical (unpaired) electrons. The van der Waals surface area contributed by atoms with Gasteiger partial charge < -0.3 is 29.6 Å². The number of nitrogens with one attached hydrogen (secondary N) is 2. The van der Waals surface area contributed by atoms with Crippen LogP contribution in [0.2, 0.25) is 0 Å². The van der Waals surface area contributed by atoms with Gasteiger partial charge in [0.05, 0.1) is 42.4 Å². The normalized spacial score (nSPS) is 12.3. The van der Waals surface area contributed by atoms with Crippen molar-refractivity contribution in [3.05, 3.63) is 66.5 Å². The highest BCUT2D eigenvalue weighted by atomic mass is 35.5. The van der Waals surface area contributed by atoms with Gasteiger partial charge in [0.1, 0.15) is 17.6 Å². The molecule has 1 saturated carbocycles. The summed E-state index contributed by atoms with van der Waals surface area (Å²) in [6, 6.07) is 16.5. The molecule has 0 atom stereocenters. The maximum Gasteiger partial charge on any atom is 0.258 e. The minimum absolute atomic E-state index is 0.0544. The third kappa shape index (κ3) is 7.26. The molecule has 210 valence electrons. The van der Waals surface area contributed by atoms with Crippen molar-refractivity contribution in [3.8, 4) is 34.9 Å². The number of benzene rings is 2. The number of carbonyl (C=O) groups is 1. The molecule has 0 unspecified atom stereocenters. The predicted molar refractivity (Wildman–Crippen MR) is 155 cm³/mol. The molecule has 2 heterocycles. The van der Waals surface area contributed by atoms with Crippen molar-refractivity contribution in [1.82, 2.24) is 15.3 Å². The summed E-state index contributed by atoms with van der Waals surface area (Å²) in [6.07, 6.45) is 5.86. The smallest absolute Gasteiger partial charge is 0.258 e. The number of pyridine rings is 2. The molecule has 0 saturated heterocycles. The summed E-state index contributed by atoms with van der Waals surface area (Å²) < 4.78 is 22.8. The number of alkyl halides is 1. The minimum Gasteiger partial charge on any atom is -0.493 e. The second-order valence-electron chi connectivity index (χ2n) is 9.29. The SMILES string of the molecule is COc1cc2c(Nc3ccc(Oc4cccc(OCC(=O)NC5CC5)c4)nc3)c(C#N)cnc2cc1OCCCCl. The van der Waals surface area contributed by atoms with Crippen LogP contribution in [0.15, 0.2) is 60.9 Å². The van der Waals surface area contributed by atoms with E-state index in [4.69, 9.17) is 30.5 Å². The summed E-state index contributed by atoms with van der Waals surface area (Å²) >= 11 is 5.77. The molecule has 5 rings (SSSR count). The fourth-order valence-electron chi connectivity index (χ4n) is 3.98. The first kappa shape index (κ1) is 27.8. The zero-order valence-electron chi connectivity index (χ0n) is 22.4. The van der Waals surface area contributed by atoms with Crippen molar-refractivity contribution in [2.75, 3.05) is 31.5 Å². The highest BCUT2D eigenvalue weighted by Crippen LogP contribution is 2.37. The van der Waals surface area contributed by atoms with E-state index in [1.54, 1.807) is 61.8 Å². The number of anilines is 2. The lowest BCUT2D eigenvalue weighted by atomic mass is 10.1. The van der Waals surface area contributed by atoms with Gasteiger partial charge in [0.2, 0.25) is 5.88 Å². The Morgan fingerprint density at radius 3 is 2.66 bits per heavy atom. The van der Waals surface area contributed by atoms with Gasteiger partial charge in [-0.3, -0.25) is 9.78 Å². The van der Waals surface area contributed by atoms with Crippen LogP contribution >= 0.6 is 11.6 Å². The van der Waals surface area contributed by atoms with E-state index in [2.05, 4.69) is 26.7 Å². The van der Waals surface area contributed by atoms with Crippen molar-refractivity contribution >= 4 is 39.8 Å². The largest absolute Gasteiger partial charge is 0.493 e. The zero-order valence-corrected chi connectivity index (χ0v) is 23.1. The van der Waals surface area contributed by atoms with E-state index in [9.17, 15) is 10.1 Å². The number of carbonyl (C=O) groups excluding carboxylic acids is 1. The predicted octanol–water partition coefficient (Wildman–Crippen LogP) is 5.71. The maximum atomic E-state index is 11.9. The first-order chi connectivity index (χ1) is 20.1. The second-order valence-corrected chi connectivity index (χ2v) is 9.67. The van der Waals surface area contributed by atoms with E-state index in [1.807, 2.05) is 0 Å². The number of nitrogens with zero attached hydrogens (tertiary/aromatic N) is 3. The number of fused-ring (bicyclic) bond motifs is 1. The van der Waals surface area contributed by atoms with Gasteiger partial charge in [-0.2, -0.15) is 5.26 Å². The average Bonchev–Trinajstić information content (AvgIpc) is 3.81. The molecule has 1 fully saturated rings. The van der Waals surface area contributed by atoms with Gasteiger partial charge in [-0.25, -0.2) is 4.98 Å². The van der Waals surface area contributed by atoms with E-state index in [0.29, 0.717) is 75.6 Å². The Balaban J connectivity index is 1.29. The molecule has 0 spiro atoms. The van der Waals surface area contributed by atoms with Crippen LogP contribution in [0, 0.1) is 11.3 Å². The number of amides is 1. The number of aromatic nitrogens is 2. The Hall–Kier alpha value is -4.75. The van der Waals surface area contributed by atoms with Crippen LogP contribution < -0.4 is 29.6 Å². The first-order valence-corrected chi connectivity index (χ1v) is 13.6. The van der Waals surface area contributed by atoms with E-state index < -0.39 is 0 Å². The Bertz CT molecular complexity index is 1570. The number of hydrogen-bond donors (Lipinski definition) is 2. The topological polar surface area (TPSA) is 128 Å². The summed E-state index contributed by atoms with van der Waals surface area (Å²) in [4.78, 5) is 20.7. The first-order valence-electron chi connectivity index (χ1n) is 13.1. The monoisotopic (exact) mass is 573 g/mol. The Morgan fingerprint density at radius 2 is 1.93 bits per heavy atom. The van der Waals surface area contributed by atoms with E-state index in [-0.39, 0.29) is 18.6 Å². The Morgan fingerprint density at radius 1 is 1.07 bits per heavy atom. The number of rotatable bonds is 13. The lowest BCUT2D eigenvalue weighted by Crippen LogP contribution is -2.30. The average molecular weight is 574 g/mol. The quantitative estimate of drug-likeness (QED) is 0.153. The van der Waals surface area contributed by atoms with Gasteiger partial charge in [-0.05, 0) is 43.5 Å². The molecule has 2 N–H and O–H groups in total. The molecule has 41 heavy (non-hydrogen) atoms. The molecule has 10 nitrogen and oxygen atoms in total. The van der Waals surface area contributed by atoms with Crippen LogP contribution in [0.1, 0.15) is 24.8 Å². The molecule has 1 amide bonds.